The molecule has 3 heterocycles. The molecule has 3 aliphatic rings. The number of fused-ring (bicyclic) bond motifs is 1. The van der Waals surface area contributed by atoms with Crippen LogP contribution in [0, 0.1) is 0 Å². The quantitative estimate of drug-likeness (QED) is 0.374. The number of hydrogen-bond acceptors (Lipinski definition) is 3. The second-order valence-electron chi connectivity index (χ2n) is 1.34. The molecule has 3 nitrogen and oxygen atoms in total. The Hall–Kier alpha value is 0.600. The van der Waals surface area contributed by atoms with Crippen LogP contribution in [0.1, 0.15) is 0 Å². The molecule has 7 heavy (non-hydrogen) atoms. The summed E-state index contributed by atoms with van der Waals surface area (Å²) < 4.78 is 14.5. The van der Waals surface area contributed by atoms with E-state index in [1.807, 2.05) is 0 Å². The van der Waals surface area contributed by atoms with E-state index >= 15 is 0 Å². The summed E-state index contributed by atoms with van der Waals surface area (Å²) in [6, 6.07) is 0. The zero-order valence-electron chi connectivity index (χ0n) is 3.26. The fourth-order valence-corrected chi connectivity index (χ4v) is 1.88. The van der Waals surface area contributed by atoms with Crippen LogP contribution in [0.15, 0.2) is 0 Å². The molecule has 0 aromatic rings. The van der Waals surface area contributed by atoms with Gasteiger partial charge >= 0.3 is 8.60 Å². The Balaban J connectivity index is 2.20. The van der Waals surface area contributed by atoms with Gasteiger partial charge in [-0.3, -0.25) is 9.05 Å². The van der Waals surface area contributed by atoms with E-state index in [1.165, 1.54) is 0 Å². The molecule has 3 saturated heterocycles. The van der Waals surface area contributed by atoms with Crippen LogP contribution in [-0.4, -0.2) is 11.9 Å². The van der Waals surface area contributed by atoms with Gasteiger partial charge in [-0.1, -0.05) is 11.6 Å². The van der Waals surface area contributed by atoms with E-state index < -0.39 is 13.8 Å². The maximum atomic E-state index is 5.48. The Morgan fingerprint density at radius 3 is 2.43 bits per heavy atom. The van der Waals surface area contributed by atoms with E-state index in [0.29, 0.717) is 6.61 Å². The van der Waals surface area contributed by atoms with Gasteiger partial charge in [0.2, 0.25) is 0 Å². The van der Waals surface area contributed by atoms with E-state index in [1.54, 1.807) is 0 Å². The van der Waals surface area contributed by atoms with Crippen LogP contribution >= 0.6 is 20.2 Å². The van der Waals surface area contributed by atoms with Crippen molar-refractivity contribution in [1.82, 2.24) is 0 Å². The topological polar surface area (TPSA) is 27.7 Å². The zero-order valence-corrected chi connectivity index (χ0v) is 4.91. The summed E-state index contributed by atoms with van der Waals surface area (Å²) >= 11 is 5.48. The Bertz CT molecular complexity index is 95.6. The predicted molar refractivity (Wildman–Crippen MR) is 23.6 cm³/mol. The lowest BCUT2D eigenvalue weighted by molar-refractivity contribution is -0.0751. The Kier molecular flexibility index (Phi) is 0.716. The average Bonchev–Trinajstić information content (AvgIpc) is 1.88. The van der Waals surface area contributed by atoms with Crippen LogP contribution in [-0.2, 0) is 13.6 Å². The summed E-state index contributed by atoms with van der Waals surface area (Å²) in [6.07, 6.45) is 0. The monoisotopic (exact) mass is 140 g/mol. The second-order valence-corrected chi connectivity index (χ2v) is 2.99. The van der Waals surface area contributed by atoms with E-state index in [4.69, 9.17) is 25.2 Å². The lowest BCUT2D eigenvalue weighted by atomic mass is 10.7. The normalized spacial score (nSPS) is 57.0. The standard InChI is InChI=1S/C2H2ClO3P/c3-2-1-4-7(5-2)6-2/h1H2. The molecule has 0 saturated carbocycles. The van der Waals surface area contributed by atoms with Gasteiger partial charge in [0.05, 0.1) is 0 Å². The molecule has 0 radical (unpaired) electrons. The highest BCUT2D eigenvalue weighted by atomic mass is 35.5. The van der Waals surface area contributed by atoms with Crippen molar-refractivity contribution < 1.29 is 13.6 Å². The summed E-state index contributed by atoms with van der Waals surface area (Å²) in [6.45, 7) is 0.375. The van der Waals surface area contributed by atoms with Crippen molar-refractivity contribution in [2.75, 3.05) is 6.61 Å². The van der Waals surface area contributed by atoms with Crippen LogP contribution in [0.2, 0.25) is 0 Å². The first-order chi connectivity index (χ1) is 3.29. The number of hydrogen-bond donors (Lipinski definition) is 0. The van der Waals surface area contributed by atoms with Crippen molar-refractivity contribution in [3.8, 4) is 0 Å². The first-order valence-corrected chi connectivity index (χ1v) is 3.26. The molecule has 0 amide bonds. The lowest BCUT2D eigenvalue weighted by Gasteiger charge is -2.26. The molecule has 0 N–H and O–H groups in total. The van der Waals surface area contributed by atoms with Gasteiger partial charge in [0.25, 0.3) is 5.25 Å². The molecule has 0 aromatic carbocycles. The highest BCUT2D eigenvalue weighted by Gasteiger charge is 2.56. The SMILES string of the molecule is ClC12COP(O1)O2. The second kappa shape index (κ2) is 1.12. The minimum Gasteiger partial charge on any atom is -0.305 e. The Morgan fingerprint density at radius 2 is 2.29 bits per heavy atom. The van der Waals surface area contributed by atoms with Gasteiger partial charge in [-0.25, -0.2) is 0 Å². The minimum absolute atomic E-state index is 0.375. The zero-order chi connectivity index (χ0) is 4.91. The third-order valence-corrected chi connectivity index (χ3v) is 2.47. The van der Waals surface area contributed by atoms with Crippen molar-refractivity contribution >= 4 is 20.2 Å². The molecule has 40 valence electrons. The van der Waals surface area contributed by atoms with Gasteiger partial charge < -0.3 is 4.52 Å². The van der Waals surface area contributed by atoms with Crippen LogP contribution in [0.5, 0.6) is 0 Å². The van der Waals surface area contributed by atoms with Crippen LogP contribution in [0.3, 0.4) is 0 Å². The molecule has 0 aromatic heterocycles. The van der Waals surface area contributed by atoms with Gasteiger partial charge in [0, 0.05) is 0 Å². The fourth-order valence-electron chi connectivity index (χ4n) is 0.465. The highest BCUT2D eigenvalue weighted by molar-refractivity contribution is 7.43. The van der Waals surface area contributed by atoms with Gasteiger partial charge in [0.1, 0.15) is 6.61 Å². The van der Waals surface area contributed by atoms with Crippen molar-refractivity contribution in [3.63, 3.8) is 0 Å². The largest absolute Gasteiger partial charge is 0.340 e. The number of halogens is 1. The third kappa shape index (κ3) is 0.507. The minimum atomic E-state index is -1.00. The highest BCUT2D eigenvalue weighted by Crippen LogP contribution is 2.66. The summed E-state index contributed by atoms with van der Waals surface area (Å²) in [5.74, 6) is 0. The molecule has 5 heteroatoms. The van der Waals surface area contributed by atoms with Gasteiger partial charge in [-0.05, 0) is 0 Å². The molecular weight excluding hydrogens is 138 g/mol. The maximum absolute atomic E-state index is 5.48. The summed E-state index contributed by atoms with van der Waals surface area (Å²) in [7, 11) is -1.00. The molecule has 2 bridgehead atoms. The molecular formula is C2H2ClO3P. The van der Waals surface area contributed by atoms with Crippen molar-refractivity contribution in [1.29, 1.82) is 0 Å². The molecule has 3 rings (SSSR count). The molecule has 3 fully saturated rings. The molecule has 0 aliphatic carbocycles. The third-order valence-electron chi connectivity index (χ3n) is 0.764. The van der Waals surface area contributed by atoms with Crippen LogP contribution in [0.25, 0.3) is 0 Å². The molecule has 0 atom stereocenters. The molecule has 3 aliphatic heterocycles. The van der Waals surface area contributed by atoms with E-state index in [2.05, 4.69) is 0 Å². The predicted octanol–water partition coefficient (Wildman–Crippen LogP) is 1.18. The molecule has 0 unspecified atom stereocenters. The van der Waals surface area contributed by atoms with Crippen molar-refractivity contribution in [3.05, 3.63) is 0 Å². The molecule has 0 spiro atoms. The van der Waals surface area contributed by atoms with E-state index in [9.17, 15) is 0 Å². The van der Waals surface area contributed by atoms with Gasteiger partial charge in [-0.15, -0.1) is 0 Å². The van der Waals surface area contributed by atoms with Gasteiger partial charge in [0.15, 0.2) is 0 Å². The first-order valence-electron chi connectivity index (χ1n) is 1.79. The average molecular weight is 140 g/mol. The fraction of sp³-hybridized carbons (Fsp3) is 1.00. The van der Waals surface area contributed by atoms with Crippen LogP contribution < -0.4 is 0 Å². The Labute approximate surface area is 46.5 Å². The lowest BCUT2D eigenvalue weighted by Crippen LogP contribution is -2.29. The Morgan fingerprint density at radius 1 is 1.57 bits per heavy atom. The van der Waals surface area contributed by atoms with Crippen molar-refractivity contribution in [2.24, 2.45) is 0 Å². The number of rotatable bonds is 0. The summed E-state index contributed by atoms with van der Waals surface area (Å²) in [5.41, 5.74) is 0. The van der Waals surface area contributed by atoms with E-state index in [0.717, 1.165) is 0 Å². The summed E-state index contributed by atoms with van der Waals surface area (Å²) in [4.78, 5) is 0. The van der Waals surface area contributed by atoms with Crippen LogP contribution in [0.4, 0.5) is 0 Å². The summed E-state index contributed by atoms with van der Waals surface area (Å²) in [5, 5.41) is -0.883. The van der Waals surface area contributed by atoms with E-state index in [-0.39, 0.29) is 0 Å². The smallest absolute Gasteiger partial charge is 0.305 e. The first kappa shape index (κ1) is 4.48. The number of alkyl halides is 1. The maximum Gasteiger partial charge on any atom is 0.340 e. The van der Waals surface area contributed by atoms with Crippen molar-refractivity contribution in [2.45, 2.75) is 5.25 Å². The van der Waals surface area contributed by atoms with Gasteiger partial charge in [-0.2, -0.15) is 0 Å².